The molecule has 1 aromatic rings. The summed E-state index contributed by atoms with van der Waals surface area (Å²) in [6.07, 6.45) is 4.06. The first kappa shape index (κ1) is 8.93. The molecule has 0 aliphatic carbocycles. The summed E-state index contributed by atoms with van der Waals surface area (Å²) in [7, 11) is 1.77. The first-order valence-electron chi connectivity index (χ1n) is 3.90. The van der Waals surface area contributed by atoms with Gasteiger partial charge in [0, 0.05) is 18.8 Å². The number of hydrogen-bond donors (Lipinski definition) is 2. The smallest absolute Gasteiger partial charge is 0.147 e. The van der Waals surface area contributed by atoms with E-state index in [4.69, 9.17) is 0 Å². The zero-order valence-electron chi connectivity index (χ0n) is 7.29. The molecule has 0 saturated heterocycles. The van der Waals surface area contributed by atoms with Crippen molar-refractivity contribution in [2.75, 3.05) is 7.05 Å². The van der Waals surface area contributed by atoms with Gasteiger partial charge >= 0.3 is 0 Å². The largest absolute Gasteiger partial charge is 0.349 e. The summed E-state index contributed by atoms with van der Waals surface area (Å²) in [5.74, 6) is 0.971. The average molecular weight is 167 g/mol. The normalized spacial score (nSPS) is 12.8. The van der Waals surface area contributed by atoms with Gasteiger partial charge in [-0.15, -0.1) is 0 Å². The van der Waals surface area contributed by atoms with Crippen molar-refractivity contribution < 1.29 is 4.79 Å². The average Bonchev–Trinajstić information content (AvgIpc) is 2.51. The monoisotopic (exact) mass is 167 g/mol. The van der Waals surface area contributed by atoms with E-state index in [0.717, 1.165) is 5.82 Å². The van der Waals surface area contributed by atoms with Crippen LogP contribution in [0.5, 0.6) is 0 Å². The fourth-order valence-corrected chi connectivity index (χ4v) is 1.05. The molecule has 0 aromatic carbocycles. The SMILES string of the molecule is CN[C@H](Cc1ncc[nH]1)C(C)=O. The number of H-pyrrole nitrogens is 1. The van der Waals surface area contributed by atoms with E-state index in [1.54, 1.807) is 26.4 Å². The maximum absolute atomic E-state index is 11.0. The number of Topliss-reactive ketones (excluding diaryl/α,β-unsaturated/α-hetero) is 1. The van der Waals surface area contributed by atoms with Crippen LogP contribution in [0.4, 0.5) is 0 Å². The maximum atomic E-state index is 11.0. The number of nitrogens with one attached hydrogen (secondary N) is 2. The fourth-order valence-electron chi connectivity index (χ4n) is 1.05. The van der Waals surface area contributed by atoms with Crippen LogP contribution >= 0.6 is 0 Å². The number of likely N-dealkylation sites (N-methyl/N-ethyl adjacent to an activating group) is 1. The molecule has 1 heterocycles. The highest BCUT2D eigenvalue weighted by atomic mass is 16.1. The van der Waals surface area contributed by atoms with E-state index in [0.29, 0.717) is 6.42 Å². The lowest BCUT2D eigenvalue weighted by molar-refractivity contribution is -0.118. The van der Waals surface area contributed by atoms with Crippen molar-refractivity contribution in [1.29, 1.82) is 0 Å². The molecule has 0 amide bonds. The Morgan fingerprint density at radius 2 is 2.58 bits per heavy atom. The van der Waals surface area contributed by atoms with Gasteiger partial charge in [0.15, 0.2) is 0 Å². The van der Waals surface area contributed by atoms with Crippen molar-refractivity contribution in [3.8, 4) is 0 Å². The zero-order chi connectivity index (χ0) is 8.97. The van der Waals surface area contributed by atoms with Gasteiger partial charge in [0.05, 0.1) is 6.04 Å². The Morgan fingerprint density at radius 1 is 1.83 bits per heavy atom. The van der Waals surface area contributed by atoms with E-state index in [9.17, 15) is 4.79 Å². The first-order chi connectivity index (χ1) is 5.74. The third-order valence-corrected chi connectivity index (χ3v) is 1.79. The van der Waals surface area contributed by atoms with Gasteiger partial charge in [0.2, 0.25) is 0 Å². The van der Waals surface area contributed by atoms with Crippen LogP contribution in [0.25, 0.3) is 0 Å². The Kier molecular flexibility index (Phi) is 2.99. The first-order valence-corrected chi connectivity index (χ1v) is 3.90. The predicted octanol–water partition coefficient (Wildman–Crippen LogP) is 0.129. The van der Waals surface area contributed by atoms with Crippen molar-refractivity contribution in [3.63, 3.8) is 0 Å². The summed E-state index contributed by atoms with van der Waals surface area (Å²) in [6.45, 7) is 1.57. The lowest BCUT2D eigenvalue weighted by Gasteiger charge is -2.09. The van der Waals surface area contributed by atoms with Crippen LogP contribution in [0.3, 0.4) is 0 Å². The topological polar surface area (TPSA) is 57.8 Å². The van der Waals surface area contributed by atoms with Crippen molar-refractivity contribution in [1.82, 2.24) is 15.3 Å². The van der Waals surface area contributed by atoms with Gasteiger partial charge in [-0.05, 0) is 14.0 Å². The molecule has 4 heteroatoms. The van der Waals surface area contributed by atoms with E-state index < -0.39 is 0 Å². The van der Waals surface area contributed by atoms with Gasteiger partial charge in [-0.3, -0.25) is 4.79 Å². The number of nitrogens with zero attached hydrogens (tertiary/aromatic N) is 1. The number of imidazole rings is 1. The number of hydrogen-bond acceptors (Lipinski definition) is 3. The second kappa shape index (κ2) is 4.01. The standard InChI is InChI=1S/C8H13N3O/c1-6(12)7(9-2)5-8-10-3-4-11-8/h3-4,7,9H,5H2,1-2H3,(H,10,11)/t7-/m1/s1. The molecule has 0 bridgehead atoms. The minimum atomic E-state index is -0.129. The zero-order valence-corrected chi connectivity index (χ0v) is 7.29. The third kappa shape index (κ3) is 2.17. The Hall–Kier alpha value is -1.16. The Balaban J connectivity index is 2.54. The molecule has 66 valence electrons. The van der Waals surface area contributed by atoms with Crippen molar-refractivity contribution in [2.24, 2.45) is 0 Å². The van der Waals surface area contributed by atoms with E-state index >= 15 is 0 Å². The third-order valence-electron chi connectivity index (χ3n) is 1.79. The summed E-state index contributed by atoms with van der Waals surface area (Å²) in [4.78, 5) is 18.0. The molecule has 12 heavy (non-hydrogen) atoms. The molecule has 0 aliphatic heterocycles. The van der Waals surface area contributed by atoms with Crippen LogP contribution in [0, 0.1) is 0 Å². The maximum Gasteiger partial charge on any atom is 0.147 e. The molecule has 1 aromatic heterocycles. The van der Waals surface area contributed by atoms with Gasteiger partial charge in [0.25, 0.3) is 0 Å². The molecule has 0 radical (unpaired) electrons. The van der Waals surface area contributed by atoms with Crippen molar-refractivity contribution in [3.05, 3.63) is 18.2 Å². The van der Waals surface area contributed by atoms with Crippen molar-refractivity contribution in [2.45, 2.75) is 19.4 Å². The number of ketones is 1. The number of carbonyl (C=O) groups excluding carboxylic acids is 1. The van der Waals surface area contributed by atoms with Crippen LogP contribution in [-0.4, -0.2) is 28.8 Å². The lowest BCUT2D eigenvalue weighted by Crippen LogP contribution is -2.34. The van der Waals surface area contributed by atoms with Crippen LogP contribution in [0.2, 0.25) is 0 Å². The second-order valence-electron chi connectivity index (χ2n) is 2.69. The van der Waals surface area contributed by atoms with Crippen molar-refractivity contribution >= 4 is 5.78 Å². The van der Waals surface area contributed by atoms with Crippen LogP contribution in [0.1, 0.15) is 12.7 Å². The minimum absolute atomic E-state index is 0.129. The van der Waals surface area contributed by atoms with Gasteiger partial charge in [-0.2, -0.15) is 0 Å². The van der Waals surface area contributed by atoms with Gasteiger partial charge in [-0.1, -0.05) is 0 Å². The van der Waals surface area contributed by atoms with E-state index in [1.807, 2.05) is 0 Å². The highest BCUT2D eigenvalue weighted by molar-refractivity contribution is 5.81. The highest BCUT2D eigenvalue weighted by Crippen LogP contribution is 1.96. The number of aromatic amines is 1. The summed E-state index contributed by atoms with van der Waals surface area (Å²) in [6, 6.07) is -0.129. The highest BCUT2D eigenvalue weighted by Gasteiger charge is 2.12. The molecular weight excluding hydrogens is 154 g/mol. The van der Waals surface area contributed by atoms with Gasteiger partial charge in [0.1, 0.15) is 11.6 Å². The molecule has 0 unspecified atom stereocenters. The molecule has 0 spiro atoms. The number of aromatic nitrogens is 2. The second-order valence-corrected chi connectivity index (χ2v) is 2.69. The summed E-state index contributed by atoms with van der Waals surface area (Å²) >= 11 is 0. The molecule has 2 N–H and O–H groups in total. The van der Waals surface area contributed by atoms with E-state index in [1.165, 1.54) is 0 Å². The summed E-state index contributed by atoms with van der Waals surface area (Å²) < 4.78 is 0. The Morgan fingerprint density at radius 3 is 3.00 bits per heavy atom. The predicted molar refractivity (Wildman–Crippen MR) is 45.8 cm³/mol. The Bertz CT molecular complexity index is 243. The Labute approximate surface area is 71.4 Å². The molecule has 0 saturated carbocycles. The van der Waals surface area contributed by atoms with Gasteiger partial charge < -0.3 is 10.3 Å². The summed E-state index contributed by atoms with van der Waals surface area (Å²) in [5, 5.41) is 2.93. The molecule has 1 atom stereocenters. The quantitative estimate of drug-likeness (QED) is 0.670. The summed E-state index contributed by atoms with van der Waals surface area (Å²) in [5.41, 5.74) is 0. The van der Waals surface area contributed by atoms with Crippen LogP contribution in [-0.2, 0) is 11.2 Å². The van der Waals surface area contributed by atoms with Crippen LogP contribution in [0.15, 0.2) is 12.4 Å². The van der Waals surface area contributed by atoms with E-state index in [-0.39, 0.29) is 11.8 Å². The number of rotatable bonds is 4. The number of carbonyl (C=O) groups is 1. The van der Waals surface area contributed by atoms with Crippen LogP contribution < -0.4 is 5.32 Å². The fraction of sp³-hybridized carbons (Fsp3) is 0.500. The molecule has 4 nitrogen and oxygen atoms in total. The molecular formula is C8H13N3O. The minimum Gasteiger partial charge on any atom is -0.349 e. The molecule has 0 fully saturated rings. The van der Waals surface area contributed by atoms with Gasteiger partial charge in [-0.25, -0.2) is 4.98 Å². The molecule has 1 rings (SSSR count). The lowest BCUT2D eigenvalue weighted by atomic mass is 10.1. The molecule has 0 aliphatic rings. The van der Waals surface area contributed by atoms with E-state index in [2.05, 4.69) is 15.3 Å².